The van der Waals surface area contributed by atoms with Gasteiger partial charge in [-0.15, -0.1) is 0 Å². The van der Waals surface area contributed by atoms with Crippen LogP contribution in [0.2, 0.25) is 5.15 Å². The molecule has 2 rings (SSSR count). The predicted octanol–water partition coefficient (Wildman–Crippen LogP) is 2.82. The average molecular weight is 331 g/mol. The molecule has 2 aromatic rings. The number of aliphatic hydroxyl groups is 1. The summed E-state index contributed by atoms with van der Waals surface area (Å²) in [6, 6.07) is 3.64. The molecule has 0 aliphatic heterocycles. The summed E-state index contributed by atoms with van der Waals surface area (Å²) in [5.74, 6) is 0. The van der Waals surface area contributed by atoms with Crippen molar-refractivity contribution < 1.29 is 5.11 Å². The molecule has 0 saturated carbocycles. The highest BCUT2D eigenvalue weighted by molar-refractivity contribution is 9.10. The molecule has 0 amide bonds. The third kappa shape index (κ3) is 2.74. The van der Waals surface area contributed by atoms with E-state index in [1.165, 1.54) is 0 Å². The quantitative estimate of drug-likeness (QED) is 0.941. The SMILES string of the molecule is Cc1nn(C)c(Cl)c1CC(O)c1ccc(Br)cn1. The van der Waals surface area contributed by atoms with E-state index in [0.29, 0.717) is 17.3 Å². The molecular weight excluding hydrogens is 318 g/mol. The van der Waals surface area contributed by atoms with Crippen LogP contribution in [0.1, 0.15) is 23.1 Å². The molecule has 2 aromatic heterocycles. The lowest BCUT2D eigenvalue weighted by atomic mass is 10.1. The van der Waals surface area contributed by atoms with Gasteiger partial charge in [-0.25, -0.2) is 0 Å². The van der Waals surface area contributed by atoms with Crippen molar-refractivity contribution in [2.75, 3.05) is 0 Å². The van der Waals surface area contributed by atoms with E-state index in [1.807, 2.05) is 13.0 Å². The van der Waals surface area contributed by atoms with E-state index >= 15 is 0 Å². The van der Waals surface area contributed by atoms with Crippen LogP contribution in [0.25, 0.3) is 0 Å². The summed E-state index contributed by atoms with van der Waals surface area (Å²) in [7, 11) is 1.78. The molecule has 96 valence electrons. The Morgan fingerprint density at radius 3 is 2.72 bits per heavy atom. The number of hydrogen-bond donors (Lipinski definition) is 1. The van der Waals surface area contributed by atoms with E-state index in [1.54, 1.807) is 24.0 Å². The van der Waals surface area contributed by atoms with Crippen molar-refractivity contribution in [3.05, 3.63) is 44.9 Å². The summed E-state index contributed by atoms with van der Waals surface area (Å²) in [6.45, 7) is 1.88. The van der Waals surface area contributed by atoms with E-state index in [0.717, 1.165) is 15.7 Å². The van der Waals surface area contributed by atoms with Gasteiger partial charge in [0, 0.05) is 29.7 Å². The van der Waals surface area contributed by atoms with Crippen LogP contribution < -0.4 is 0 Å². The number of rotatable bonds is 3. The number of aromatic nitrogens is 3. The van der Waals surface area contributed by atoms with E-state index in [-0.39, 0.29) is 0 Å². The van der Waals surface area contributed by atoms with Crippen molar-refractivity contribution in [2.45, 2.75) is 19.4 Å². The molecule has 1 N–H and O–H groups in total. The number of aryl methyl sites for hydroxylation is 2. The summed E-state index contributed by atoms with van der Waals surface area (Å²) < 4.78 is 2.49. The van der Waals surface area contributed by atoms with Crippen LogP contribution >= 0.6 is 27.5 Å². The molecule has 18 heavy (non-hydrogen) atoms. The van der Waals surface area contributed by atoms with Crippen LogP contribution in [0.5, 0.6) is 0 Å². The maximum Gasteiger partial charge on any atom is 0.130 e. The molecule has 0 saturated heterocycles. The second kappa shape index (κ2) is 5.38. The molecule has 0 bridgehead atoms. The zero-order valence-corrected chi connectivity index (χ0v) is 12.4. The minimum absolute atomic E-state index is 0.410. The summed E-state index contributed by atoms with van der Waals surface area (Å²) in [6.07, 6.45) is 1.39. The molecule has 0 radical (unpaired) electrons. The second-order valence-corrected chi connectivity index (χ2v) is 5.37. The molecule has 0 aromatic carbocycles. The third-order valence-electron chi connectivity index (χ3n) is 2.76. The fourth-order valence-electron chi connectivity index (χ4n) is 1.79. The Morgan fingerprint density at radius 1 is 1.50 bits per heavy atom. The summed E-state index contributed by atoms with van der Waals surface area (Å²) >= 11 is 9.44. The van der Waals surface area contributed by atoms with Gasteiger partial charge in [0.05, 0.1) is 11.4 Å². The number of aliphatic hydroxyl groups excluding tert-OH is 1. The topological polar surface area (TPSA) is 50.9 Å². The van der Waals surface area contributed by atoms with Gasteiger partial charge in [0.15, 0.2) is 0 Å². The van der Waals surface area contributed by atoms with E-state index in [2.05, 4.69) is 26.0 Å². The molecule has 0 fully saturated rings. The Kier molecular flexibility index (Phi) is 4.04. The van der Waals surface area contributed by atoms with Crippen molar-refractivity contribution >= 4 is 27.5 Å². The Balaban J connectivity index is 2.21. The van der Waals surface area contributed by atoms with E-state index in [4.69, 9.17) is 11.6 Å². The van der Waals surface area contributed by atoms with Crippen molar-refractivity contribution in [3.63, 3.8) is 0 Å². The lowest BCUT2D eigenvalue weighted by Gasteiger charge is -2.10. The molecule has 1 atom stereocenters. The lowest BCUT2D eigenvalue weighted by Crippen LogP contribution is -2.04. The Morgan fingerprint density at radius 2 is 2.22 bits per heavy atom. The molecule has 2 heterocycles. The van der Waals surface area contributed by atoms with E-state index in [9.17, 15) is 5.11 Å². The number of pyridine rings is 1. The first kappa shape index (κ1) is 13.5. The fraction of sp³-hybridized carbons (Fsp3) is 0.333. The van der Waals surface area contributed by atoms with Crippen molar-refractivity contribution in [3.8, 4) is 0 Å². The van der Waals surface area contributed by atoms with Crippen molar-refractivity contribution in [2.24, 2.45) is 7.05 Å². The predicted molar refractivity (Wildman–Crippen MR) is 73.6 cm³/mol. The normalized spacial score (nSPS) is 12.7. The third-order valence-corrected chi connectivity index (χ3v) is 3.70. The number of nitrogens with zero attached hydrogens (tertiary/aromatic N) is 3. The number of halogens is 2. The van der Waals surface area contributed by atoms with Crippen LogP contribution in [0.3, 0.4) is 0 Å². The molecule has 4 nitrogen and oxygen atoms in total. The van der Waals surface area contributed by atoms with Gasteiger partial charge in [-0.1, -0.05) is 11.6 Å². The largest absolute Gasteiger partial charge is 0.386 e. The summed E-state index contributed by atoms with van der Waals surface area (Å²) in [5.41, 5.74) is 2.31. The smallest absolute Gasteiger partial charge is 0.130 e. The number of hydrogen-bond acceptors (Lipinski definition) is 3. The Bertz CT molecular complexity index is 553. The molecule has 6 heteroatoms. The van der Waals surface area contributed by atoms with Gasteiger partial charge >= 0.3 is 0 Å². The maximum absolute atomic E-state index is 10.1. The maximum atomic E-state index is 10.1. The van der Waals surface area contributed by atoms with Crippen LogP contribution in [0, 0.1) is 6.92 Å². The highest BCUT2D eigenvalue weighted by Crippen LogP contribution is 2.25. The highest BCUT2D eigenvalue weighted by Gasteiger charge is 2.17. The van der Waals surface area contributed by atoms with Crippen molar-refractivity contribution in [1.29, 1.82) is 0 Å². The van der Waals surface area contributed by atoms with Gasteiger partial charge in [0.1, 0.15) is 11.3 Å². The molecular formula is C12H13BrClN3O. The van der Waals surface area contributed by atoms with Crippen LogP contribution in [-0.2, 0) is 13.5 Å². The van der Waals surface area contributed by atoms with Gasteiger partial charge in [0.2, 0.25) is 0 Å². The van der Waals surface area contributed by atoms with Gasteiger partial charge in [0.25, 0.3) is 0 Å². The second-order valence-electron chi connectivity index (χ2n) is 4.10. The van der Waals surface area contributed by atoms with Gasteiger partial charge in [-0.2, -0.15) is 5.10 Å². The lowest BCUT2D eigenvalue weighted by molar-refractivity contribution is 0.173. The highest BCUT2D eigenvalue weighted by atomic mass is 79.9. The van der Waals surface area contributed by atoms with E-state index < -0.39 is 6.10 Å². The first-order valence-electron chi connectivity index (χ1n) is 5.46. The van der Waals surface area contributed by atoms with Crippen LogP contribution in [-0.4, -0.2) is 19.9 Å². The molecule has 0 aliphatic carbocycles. The molecule has 0 aliphatic rings. The van der Waals surface area contributed by atoms with Gasteiger partial charge in [-0.3, -0.25) is 9.67 Å². The Labute approximate surface area is 119 Å². The van der Waals surface area contributed by atoms with Crippen LogP contribution in [0.15, 0.2) is 22.8 Å². The van der Waals surface area contributed by atoms with Gasteiger partial charge in [-0.05, 0) is 35.0 Å². The Hall–Kier alpha value is -0.910. The average Bonchev–Trinajstić information content (AvgIpc) is 2.57. The standard InChI is InChI=1S/C12H13BrClN3O/c1-7-9(12(14)17(2)16-7)5-11(18)10-4-3-8(13)6-15-10/h3-4,6,11,18H,5H2,1-2H3. The first-order valence-corrected chi connectivity index (χ1v) is 6.63. The first-order chi connectivity index (χ1) is 8.49. The van der Waals surface area contributed by atoms with Crippen molar-refractivity contribution in [1.82, 2.24) is 14.8 Å². The monoisotopic (exact) mass is 329 g/mol. The minimum atomic E-state index is -0.682. The zero-order chi connectivity index (χ0) is 13.3. The fourth-order valence-corrected chi connectivity index (χ4v) is 2.27. The summed E-state index contributed by atoms with van der Waals surface area (Å²) in [4.78, 5) is 4.17. The summed E-state index contributed by atoms with van der Waals surface area (Å²) in [5, 5.41) is 14.9. The minimum Gasteiger partial charge on any atom is -0.386 e. The zero-order valence-electron chi connectivity index (χ0n) is 10.1. The van der Waals surface area contributed by atoms with Gasteiger partial charge < -0.3 is 5.11 Å². The van der Waals surface area contributed by atoms with Crippen LogP contribution in [0.4, 0.5) is 0 Å². The molecule has 1 unspecified atom stereocenters. The molecule has 0 spiro atoms.